The van der Waals surface area contributed by atoms with Gasteiger partial charge in [0, 0.05) is 18.1 Å². The normalized spacial score (nSPS) is 21.6. The monoisotopic (exact) mass is 488 g/mol. The highest BCUT2D eigenvalue weighted by atomic mass is 35.5. The van der Waals surface area contributed by atoms with Gasteiger partial charge in [-0.2, -0.15) is 13.2 Å². The van der Waals surface area contributed by atoms with Crippen LogP contribution in [0.15, 0.2) is 18.2 Å². The number of likely N-dealkylation sites (tertiary alicyclic amines) is 1. The molecule has 1 saturated carbocycles. The van der Waals surface area contributed by atoms with Gasteiger partial charge in [-0.05, 0) is 61.3 Å². The molecule has 0 aromatic heterocycles. The first kappa shape index (κ1) is 25.8. The number of carbonyl (C=O) groups is 2. The lowest BCUT2D eigenvalue weighted by Gasteiger charge is -2.32. The Labute approximate surface area is 197 Å². The zero-order chi connectivity index (χ0) is 24.2. The van der Waals surface area contributed by atoms with Gasteiger partial charge in [0.2, 0.25) is 11.8 Å². The zero-order valence-electron chi connectivity index (χ0n) is 18.5. The third-order valence-electron chi connectivity index (χ3n) is 6.76. The second kappa shape index (κ2) is 11.1. The van der Waals surface area contributed by atoms with Gasteiger partial charge >= 0.3 is 6.18 Å². The first-order valence-electron chi connectivity index (χ1n) is 11.5. The molecule has 6 nitrogen and oxygen atoms in total. The van der Waals surface area contributed by atoms with Crippen molar-refractivity contribution >= 4 is 23.4 Å². The molecule has 2 aliphatic rings. The van der Waals surface area contributed by atoms with Crippen molar-refractivity contribution in [1.82, 2.24) is 10.2 Å². The minimum absolute atomic E-state index is 0.00743. The number of alkyl halides is 3. The molecule has 3 rings (SSSR count). The lowest BCUT2D eigenvalue weighted by molar-refractivity contribution is -0.147. The first-order chi connectivity index (χ1) is 15.6. The number of nitrogens with zero attached hydrogens (tertiary/aromatic N) is 1. The number of nitrogens with two attached hydrogens (primary N) is 2. The van der Waals surface area contributed by atoms with E-state index in [1.165, 1.54) is 18.2 Å². The molecule has 184 valence electrons. The molecule has 2 amide bonds. The van der Waals surface area contributed by atoms with Gasteiger partial charge in [-0.1, -0.05) is 36.9 Å². The van der Waals surface area contributed by atoms with Crippen molar-refractivity contribution < 1.29 is 22.8 Å². The second-order valence-corrected chi connectivity index (χ2v) is 9.53. The highest BCUT2D eigenvalue weighted by Crippen LogP contribution is 2.29. The summed E-state index contributed by atoms with van der Waals surface area (Å²) >= 11 is 6.03. The second-order valence-electron chi connectivity index (χ2n) is 9.10. The van der Waals surface area contributed by atoms with Crippen LogP contribution >= 0.6 is 11.6 Å². The Morgan fingerprint density at radius 1 is 1.09 bits per heavy atom. The van der Waals surface area contributed by atoms with Crippen LogP contribution in [0.25, 0.3) is 0 Å². The maximum absolute atomic E-state index is 13.0. The molecule has 1 unspecified atom stereocenters. The predicted octanol–water partition coefficient (Wildman–Crippen LogP) is 3.29. The number of hydrogen-bond acceptors (Lipinski definition) is 4. The molecular weight excluding hydrogens is 457 g/mol. The molecule has 5 N–H and O–H groups in total. The standard InChI is InChI=1S/C23H32ClF3N4O2/c24-17-9-8-15(12-19(28)23(25,26)27)16(11-17)13-30-21(32)18-7-4-10-31(18)22(33)20(29)14-5-2-1-3-6-14/h8-9,11,14,18-20H,1-7,10,12-13,28-29H2,(H,30,32)/t18-,19?,20-/m0/s1. The van der Waals surface area contributed by atoms with Crippen molar-refractivity contribution in [3.63, 3.8) is 0 Å². The number of amides is 2. The topological polar surface area (TPSA) is 101 Å². The Balaban J connectivity index is 1.64. The largest absolute Gasteiger partial charge is 0.403 e. The van der Waals surface area contributed by atoms with E-state index < -0.39 is 30.7 Å². The maximum atomic E-state index is 13.0. The van der Waals surface area contributed by atoms with Crippen molar-refractivity contribution in [1.29, 1.82) is 0 Å². The number of carbonyl (C=O) groups excluding carboxylic acids is 2. The predicted molar refractivity (Wildman–Crippen MR) is 120 cm³/mol. The van der Waals surface area contributed by atoms with Gasteiger partial charge in [-0.3, -0.25) is 9.59 Å². The van der Waals surface area contributed by atoms with E-state index in [-0.39, 0.29) is 24.3 Å². The summed E-state index contributed by atoms with van der Waals surface area (Å²) in [6, 6.07) is 1.25. The molecular formula is C23H32ClF3N4O2. The average molecular weight is 489 g/mol. The van der Waals surface area contributed by atoms with E-state index in [2.05, 4.69) is 5.32 Å². The van der Waals surface area contributed by atoms with Crippen LogP contribution in [0.4, 0.5) is 13.2 Å². The summed E-state index contributed by atoms with van der Waals surface area (Å²) in [5.74, 6) is -0.399. The van der Waals surface area contributed by atoms with E-state index in [1.54, 1.807) is 4.90 Å². The van der Waals surface area contributed by atoms with Crippen molar-refractivity contribution in [2.75, 3.05) is 6.54 Å². The van der Waals surface area contributed by atoms with Crippen LogP contribution in [-0.4, -0.2) is 47.6 Å². The number of nitrogens with one attached hydrogen (secondary N) is 1. The van der Waals surface area contributed by atoms with Crippen LogP contribution in [0, 0.1) is 5.92 Å². The number of benzene rings is 1. The molecule has 3 atom stereocenters. The SMILES string of the molecule is NC(Cc1ccc(Cl)cc1CNC(=O)[C@@H]1CCCN1C(=O)[C@@H](N)C1CCCCC1)C(F)(F)F. The van der Waals surface area contributed by atoms with Gasteiger partial charge in [0.05, 0.1) is 6.04 Å². The molecule has 1 saturated heterocycles. The van der Waals surface area contributed by atoms with Crippen molar-refractivity contribution in [3.8, 4) is 0 Å². The fourth-order valence-electron chi connectivity index (χ4n) is 4.80. The molecule has 0 bridgehead atoms. The van der Waals surface area contributed by atoms with E-state index in [1.807, 2.05) is 0 Å². The number of halogens is 4. The maximum Gasteiger partial charge on any atom is 0.403 e. The van der Waals surface area contributed by atoms with Crippen molar-refractivity contribution in [2.45, 2.75) is 82.2 Å². The highest BCUT2D eigenvalue weighted by Gasteiger charge is 2.39. The summed E-state index contributed by atoms with van der Waals surface area (Å²) in [5.41, 5.74) is 12.4. The van der Waals surface area contributed by atoms with E-state index >= 15 is 0 Å². The van der Waals surface area contributed by atoms with Gasteiger partial charge in [-0.25, -0.2) is 0 Å². The molecule has 0 radical (unpaired) electrons. The van der Waals surface area contributed by atoms with Gasteiger partial charge in [-0.15, -0.1) is 0 Å². The van der Waals surface area contributed by atoms with Gasteiger partial charge in [0.1, 0.15) is 12.1 Å². The summed E-state index contributed by atoms with van der Waals surface area (Å²) in [6.45, 7) is 0.465. The third-order valence-corrected chi connectivity index (χ3v) is 7.00. The Morgan fingerprint density at radius 3 is 2.45 bits per heavy atom. The van der Waals surface area contributed by atoms with E-state index in [4.69, 9.17) is 23.1 Å². The molecule has 1 heterocycles. The molecule has 10 heteroatoms. The molecule has 33 heavy (non-hydrogen) atoms. The Morgan fingerprint density at radius 2 is 1.79 bits per heavy atom. The molecule has 1 aliphatic carbocycles. The van der Waals surface area contributed by atoms with E-state index in [9.17, 15) is 22.8 Å². The lowest BCUT2D eigenvalue weighted by atomic mass is 9.83. The lowest BCUT2D eigenvalue weighted by Crippen LogP contribution is -2.53. The van der Waals surface area contributed by atoms with Crippen molar-refractivity contribution in [2.24, 2.45) is 17.4 Å². The molecule has 1 aromatic carbocycles. The Hall–Kier alpha value is -1.84. The van der Waals surface area contributed by atoms with Crippen LogP contribution < -0.4 is 16.8 Å². The molecule has 1 aliphatic heterocycles. The van der Waals surface area contributed by atoms with Crippen LogP contribution in [0.3, 0.4) is 0 Å². The van der Waals surface area contributed by atoms with Crippen LogP contribution in [0.1, 0.15) is 56.1 Å². The van der Waals surface area contributed by atoms with Crippen molar-refractivity contribution in [3.05, 3.63) is 34.3 Å². The van der Waals surface area contributed by atoms with Gasteiger partial charge in [0.15, 0.2) is 0 Å². The average Bonchev–Trinajstić information content (AvgIpc) is 3.28. The number of hydrogen-bond donors (Lipinski definition) is 3. The summed E-state index contributed by atoms with van der Waals surface area (Å²) in [4.78, 5) is 27.5. The fraction of sp³-hybridized carbons (Fsp3) is 0.652. The fourth-order valence-corrected chi connectivity index (χ4v) is 5.00. The van der Waals surface area contributed by atoms with Gasteiger partial charge < -0.3 is 21.7 Å². The Bertz CT molecular complexity index is 845. The Kier molecular flexibility index (Phi) is 8.64. The molecule has 2 fully saturated rings. The molecule has 1 aromatic rings. The zero-order valence-corrected chi connectivity index (χ0v) is 19.3. The van der Waals surface area contributed by atoms with Gasteiger partial charge in [0.25, 0.3) is 0 Å². The van der Waals surface area contributed by atoms with Crippen LogP contribution in [0.2, 0.25) is 5.02 Å². The van der Waals surface area contributed by atoms with Crippen LogP contribution in [0.5, 0.6) is 0 Å². The molecule has 0 spiro atoms. The summed E-state index contributed by atoms with van der Waals surface area (Å²) < 4.78 is 38.7. The van der Waals surface area contributed by atoms with E-state index in [0.717, 1.165) is 32.1 Å². The van der Waals surface area contributed by atoms with Crippen LogP contribution in [-0.2, 0) is 22.6 Å². The minimum Gasteiger partial charge on any atom is -0.350 e. The van der Waals surface area contributed by atoms with E-state index in [0.29, 0.717) is 35.5 Å². The highest BCUT2D eigenvalue weighted by molar-refractivity contribution is 6.30. The first-order valence-corrected chi connectivity index (χ1v) is 11.9. The number of rotatable bonds is 7. The summed E-state index contributed by atoms with van der Waals surface area (Å²) in [6.07, 6.45) is 1.42. The minimum atomic E-state index is -4.53. The smallest absolute Gasteiger partial charge is 0.350 e. The quantitative estimate of drug-likeness (QED) is 0.548. The third kappa shape index (κ3) is 6.61. The summed E-state index contributed by atoms with van der Waals surface area (Å²) in [7, 11) is 0. The summed E-state index contributed by atoms with van der Waals surface area (Å²) in [5, 5.41) is 3.12.